The van der Waals surface area contributed by atoms with Gasteiger partial charge in [0.2, 0.25) is 5.60 Å². The Morgan fingerprint density at radius 3 is 2.44 bits per heavy atom. The quantitative estimate of drug-likeness (QED) is 0.180. The molecule has 3 fully saturated rings. The van der Waals surface area contributed by atoms with Crippen molar-refractivity contribution in [3.05, 3.63) is 70.4 Å². The van der Waals surface area contributed by atoms with Gasteiger partial charge < -0.3 is 39.0 Å². The molecule has 13 heteroatoms. The Kier molecular flexibility index (Phi) is 9.54. The molecule has 316 valence electrons. The molecule has 3 N–H and O–H groups in total. The number of aromatic nitrogens is 1. The second-order valence-electron chi connectivity index (χ2n) is 18.1. The Balaban J connectivity index is 1.35. The number of fused-ring (bicyclic) bond motifs is 6. The van der Waals surface area contributed by atoms with Crippen LogP contribution in [0.15, 0.2) is 48.0 Å². The van der Waals surface area contributed by atoms with E-state index in [2.05, 4.69) is 39.9 Å². The molecule has 10 atom stereocenters. The summed E-state index contributed by atoms with van der Waals surface area (Å²) in [5.41, 5.74) is 0.462. The van der Waals surface area contributed by atoms with Crippen molar-refractivity contribution in [1.82, 2.24) is 14.8 Å². The number of esters is 3. The van der Waals surface area contributed by atoms with Gasteiger partial charge >= 0.3 is 17.9 Å². The number of carbonyl (C=O) groups excluding carboxylic acids is 3. The fourth-order valence-electron chi connectivity index (χ4n) is 13.2. The number of nitrogens with zero attached hydrogens (tertiary/aromatic N) is 3. The molecular weight excluding hydrogens is 753 g/mol. The van der Waals surface area contributed by atoms with Crippen molar-refractivity contribution in [2.24, 2.45) is 11.8 Å². The van der Waals surface area contributed by atoms with E-state index in [4.69, 9.17) is 18.9 Å². The van der Waals surface area contributed by atoms with E-state index < -0.39 is 58.0 Å². The van der Waals surface area contributed by atoms with Gasteiger partial charge in [-0.2, -0.15) is 0 Å². The van der Waals surface area contributed by atoms with E-state index in [9.17, 15) is 19.8 Å². The third-order valence-corrected chi connectivity index (χ3v) is 15.4. The highest BCUT2D eigenvalue weighted by atomic mass is 16.6. The summed E-state index contributed by atoms with van der Waals surface area (Å²) in [5, 5.41) is 26.3. The van der Waals surface area contributed by atoms with E-state index in [-0.39, 0.29) is 12.0 Å². The van der Waals surface area contributed by atoms with E-state index in [1.54, 1.807) is 7.11 Å². The summed E-state index contributed by atoms with van der Waals surface area (Å²) in [4.78, 5) is 53.0. The molecule has 9 rings (SSSR count). The third-order valence-electron chi connectivity index (χ3n) is 15.4. The number of para-hydroxylation sites is 1. The largest absolute Gasteiger partial charge is 0.496 e. The SMILES string of the molecule is CCC1=CCN2CC[C@]34c5cc([C@@]6(C(=O)OC)C[C@@H]7CN(CCc8c6[nH]c6ccccc86)C[C@](O)(CC)C7)c(OC)cc5N(C)[C@H]3[C@@](O)(C(=O)OC)[C@H](OC(C)=O)C1C24. The molecule has 1 aliphatic carbocycles. The minimum atomic E-state index is -2.27. The number of piperidine rings is 1. The Hall–Kier alpha value is -4.43. The van der Waals surface area contributed by atoms with E-state index in [1.807, 2.05) is 43.1 Å². The number of H-pyrrole nitrogens is 1. The summed E-state index contributed by atoms with van der Waals surface area (Å²) in [7, 11) is 6.16. The first kappa shape index (κ1) is 40.0. The number of likely N-dealkylation sites (N-methyl/N-ethyl adjacent to an activating group) is 1. The molecule has 6 heterocycles. The van der Waals surface area contributed by atoms with Crippen LogP contribution in [0.25, 0.3) is 10.9 Å². The molecule has 3 unspecified atom stereocenters. The van der Waals surface area contributed by atoms with E-state index in [0.717, 1.165) is 39.0 Å². The van der Waals surface area contributed by atoms with Gasteiger partial charge in [0.15, 0.2) is 6.10 Å². The maximum atomic E-state index is 15.3. The van der Waals surface area contributed by atoms with Crippen LogP contribution >= 0.6 is 0 Å². The van der Waals surface area contributed by atoms with Crippen LogP contribution in [0, 0.1) is 11.8 Å². The van der Waals surface area contributed by atoms with Crippen LogP contribution in [-0.2, 0) is 45.8 Å². The van der Waals surface area contributed by atoms with Gasteiger partial charge in [0.25, 0.3) is 0 Å². The van der Waals surface area contributed by atoms with Crippen molar-refractivity contribution in [2.75, 3.05) is 66.0 Å². The first-order chi connectivity index (χ1) is 28.3. The second-order valence-corrected chi connectivity index (χ2v) is 18.1. The van der Waals surface area contributed by atoms with Gasteiger partial charge in [-0.05, 0) is 74.2 Å². The Morgan fingerprint density at radius 2 is 1.75 bits per heavy atom. The smallest absolute Gasteiger partial charge is 0.344 e. The monoisotopic (exact) mass is 810 g/mol. The van der Waals surface area contributed by atoms with E-state index in [0.29, 0.717) is 82.6 Å². The molecule has 2 aromatic carbocycles. The van der Waals surface area contributed by atoms with Gasteiger partial charge in [0.1, 0.15) is 11.2 Å². The van der Waals surface area contributed by atoms with Gasteiger partial charge in [-0.1, -0.05) is 43.7 Å². The molecule has 5 aliphatic heterocycles. The predicted octanol–water partition coefficient (Wildman–Crippen LogP) is 3.99. The van der Waals surface area contributed by atoms with Crippen molar-refractivity contribution in [1.29, 1.82) is 0 Å². The Labute approximate surface area is 345 Å². The number of nitrogens with one attached hydrogen (secondary N) is 1. The van der Waals surface area contributed by atoms with Crippen LogP contribution in [0.5, 0.6) is 5.75 Å². The molecular formula is C46H58N4O9. The van der Waals surface area contributed by atoms with Crippen LogP contribution in [0.3, 0.4) is 0 Å². The number of benzene rings is 2. The summed E-state index contributed by atoms with van der Waals surface area (Å²) in [6, 6.07) is 11.0. The topological polar surface area (TPSA) is 154 Å². The summed E-state index contributed by atoms with van der Waals surface area (Å²) in [6.07, 6.45) is 4.23. The molecule has 0 amide bonds. The molecule has 1 spiro atoms. The molecule has 1 aromatic heterocycles. The summed E-state index contributed by atoms with van der Waals surface area (Å²) in [6.45, 7) is 8.71. The highest BCUT2D eigenvalue weighted by Crippen LogP contribution is 2.65. The molecule has 0 radical (unpaired) electrons. The summed E-state index contributed by atoms with van der Waals surface area (Å²) >= 11 is 0. The Morgan fingerprint density at radius 1 is 0.983 bits per heavy atom. The fourth-order valence-corrected chi connectivity index (χ4v) is 13.2. The predicted molar refractivity (Wildman–Crippen MR) is 220 cm³/mol. The van der Waals surface area contributed by atoms with Crippen molar-refractivity contribution < 1.29 is 43.5 Å². The van der Waals surface area contributed by atoms with E-state index in [1.165, 1.54) is 21.1 Å². The van der Waals surface area contributed by atoms with Gasteiger partial charge in [-0.3, -0.25) is 19.4 Å². The standard InChI is InChI=1S/C46H58N4O9/c1-8-28-14-18-50-19-16-44-31-20-32(35(56-5)21-34(31)48(4)40(44)46(55,42(53)58-7)39(59-26(3)51)36(28)38(44)50)45(41(52)57-6)23-27-22-43(54,9-2)25-49(24-27)17-15-30-29-12-10-11-13-33(29)47-37(30)45/h10-14,20-21,27,36,38-40,47,54-55H,8-9,15-19,22-25H2,1-7H3/t27-,36?,38?,39-,40-,43+,44-,45+,46-/m1/s1. The zero-order chi connectivity index (χ0) is 41.8. The number of hydrogen-bond acceptors (Lipinski definition) is 12. The summed E-state index contributed by atoms with van der Waals surface area (Å²) < 4.78 is 23.9. The molecule has 13 nitrogen and oxygen atoms in total. The fraction of sp³-hybridized carbons (Fsp3) is 0.587. The minimum Gasteiger partial charge on any atom is -0.496 e. The molecule has 59 heavy (non-hydrogen) atoms. The molecule has 3 aromatic rings. The Bertz CT molecular complexity index is 2260. The zero-order valence-electron chi connectivity index (χ0n) is 35.3. The number of methoxy groups -OCH3 is 3. The number of hydrogen-bond donors (Lipinski definition) is 3. The third kappa shape index (κ3) is 5.39. The normalized spacial score (nSPS) is 35.9. The molecule has 2 bridgehead atoms. The number of carbonyl (C=O) groups is 3. The first-order valence-electron chi connectivity index (χ1n) is 21.3. The second kappa shape index (κ2) is 14.1. The minimum absolute atomic E-state index is 0.0951. The molecule has 2 saturated heterocycles. The van der Waals surface area contributed by atoms with Crippen LogP contribution < -0.4 is 9.64 Å². The van der Waals surface area contributed by atoms with Gasteiger partial charge in [-0.25, -0.2) is 4.79 Å². The number of rotatable bonds is 7. The maximum Gasteiger partial charge on any atom is 0.344 e. The van der Waals surface area contributed by atoms with Crippen molar-refractivity contribution >= 4 is 34.5 Å². The van der Waals surface area contributed by atoms with Crippen LogP contribution in [0.1, 0.15) is 75.3 Å². The number of anilines is 1. The average Bonchev–Trinajstić information content (AvgIpc) is 3.89. The number of ether oxygens (including phenoxy) is 4. The highest BCUT2D eigenvalue weighted by Gasteiger charge is 2.77. The lowest BCUT2D eigenvalue weighted by Crippen LogP contribution is -2.78. The van der Waals surface area contributed by atoms with Crippen LogP contribution in [0.2, 0.25) is 0 Å². The van der Waals surface area contributed by atoms with Crippen LogP contribution in [-0.4, -0.2) is 133 Å². The van der Waals surface area contributed by atoms with Crippen LogP contribution in [0.4, 0.5) is 5.69 Å². The highest BCUT2D eigenvalue weighted by molar-refractivity contribution is 5.95. The van der Waals surface area contributed by atoms with E-state index >= 15 is 4.79 Å². The van der Waals surface area contributed by atoms with Gasteiger partial charge in [0.05, 0.1) is 33.0 Å². The van der Waals surface area contributed by atoms with Gasteiger partial charge in [0, 0.05) is 91.4 Å². The van der Waals surface area contributed by atoms with Crippen molar-refractivity contribution in [3.8, 4) is 5.75 Å². The van der Waals surface area contributed by atoms with Crippen molar-refractivity contribution in [3.63, 3.8) is 0 Å². The summed E-state index contributed by atoms with van der Waals surface area (Å²) in [5.74, 6) is -2.06. The number of aliphatic hydroxyl groups is 2. The zero-order valence-corrected chi connectivity index (χ0v) is 35.3. The molecule has 1 saturated carbocycles. The lowest BCUT2D eigenvalue weighted by atomic mass is 9.52. The average molecular weight is 811 g/mol. The van der Waals surface area contributed by atoms with Gasteiger partial charge in [-0.15, -0.1) is 0 Å². The molecule has 6 aliphatic rings. The lowest BCUT2D eigenvalue weighted by Gasteiger charge is -2.59. The maximum absolute atomic E-state index is 15.3. The lowest BCUT2D eigenvalue weighted by molar-refractivity contribution is -0.212. The first-order valence-corrected chi connectivity index (χ1v) is 21.3. The number of aromatic amines is 1. The van der Waals surface area contributed by atoms with Crippen molar-refractivity contribution in [2.45, 2.75) is 99.5 Å².